The number of hydrogen-bond acceptors (Lipinski definition) is 8. The maximum atomic E-state index is 12.8. The van der Waals surface area contributed by atoms with Gasteiger partial charge in [0, 0.05) is 12.8 Å². The molecule has 0 fully saturated rings. The lowest BCUT2D eigenvalue weighted by atomic mass is 10.0. The number of likely N-dealkylation sites (N-methyl/N-ethyl adjacent to an activating group) is 1. The normalized spacial score (nSPS) is 13.7. The molecule has 0 aliphatic heterocycles. The third-order valence-electron chi connectivity index (χ3n) is 12.8. The fourth-order valence-corrected chi connectivity index (χ4v) is 9.00. The molecule has 0 aromatic rings. The molecule has 0 aromatic carbocycles. The Kier molecular flexibility index (Phi) is 50.9. The molecule has 414 valence electrons. The lowest BCUT2D eigenvalue weighted by Gasteiger charge is -2.28. The van der Waals surface area contributed by atoms with Crippen LogP contribution in [0, 0.1) is 0 Å². The Labute approximate surface area is 438 Å². The van der Waals surface area contributed by atoms with E-state index in [4.69, 9.17) is 18.5 Å². The largest absolute Gasteiger partial charge is 0.756 e. The third-order valence-corrected chi connectivity index (χ3v) is 13.8. The Morgan fingerprint density at radius 3 is 1.20 bits per heavy atom. The summed E-state index contributed by atoms with van der Waals surface area (Å²) < 4.78 is 34.1. The first-order valence-corrected chi connectivity index (χ1v) is 31.0. The highest BCUT2D eigenvalue weighted by atomic mass is 31.2. The highest BCUT2D eigenvalue weighted by Gasteiger charge is 2.22. The first kappa shape index (κ1) is 68.7. The van der Waals surface area contributed by atoms with Gasteiger partial charge in [-0.05, 0) is 57.8 Å². The fraction of sp³-hybridized carbons (Fsp3) is 0.803. The van der Waals surface area contributed by atoms with Gasteiger partial charge in [0.1, 0.15) is 19.8 Å². The van der Waals surface area contributed by atoms with Crippen LogP contribution >= 0.6 is 7.82 Å². The average molecular weight is 1020 g/mol. The zero-order valence-electron chi connectivity index (χ0n) is 46.9. The van der Waals surface area contributed by atoms with Crippen LogP contribution in [-0.4, -0.2) is 70.0 Å². The number of esters is 2. The molecule has 0 rings (SSSR count). The predicted octanol–water partition coefficient (Wildman–Crippen LogP) is 17.7. The van der Waals surface area contributed by atoms with Gasteiger partial charge in [0.05, 0.1) is 27.7 Å². The monoisotopic (exact) mass is 1020 g/mol. The number of phosphoric acid groups is 1. The maximum absolute atomic E-state index is 12.8. The molecule has 0 radical (unpaired) electrons. The Hall–Kier alpha value is -2.29. The van der Waals surface area contributed by atoms with E-state index in [1.165, 1.54) is 161 Å². The number of allylic oxidation sites excluding steroid dienone is 10. The molecule has 0 bridgehead atoms. The van der Waals surface area contributed by atoms with Gasteiger partial charge in [-0.25, -0.2) is 0 Å². The van der Waals surface area contributed by atoms with E-state index in [1.54, 1.807) is 0 Å². The highest BCUT2D eigenvalue weighted by Crippen LogP contribution is 2.38. The van der Waals surface area contributed by atoms with E-state index < -0.39 is 26.5 Å². The van der Waals surface area contributed by atoms with Crippen LogP contribution in [0.15, 0.2) is 60.8 Å². The zero-order chi connectivity index (χ0) is 52.0. The van der Waals surface area contributed by atoms with Crippen LogP contribution in [0.2, 0.25) is 0 Å². The number of hydrogen-bond donors (Lipinski definition) is 0. The highest BCUT2D eigenvalue weighted by molar-refractivity contribution is 7.45. The van der Waals surface area contributed by atoms with Gasteiger partial charge in [0.15, 0.2) is 6.10 Å². The molecular weight excluding hydrogens is 906 g/mol. The predicted molar refractivity (Wildman–Crippen MR) is 300 cm³/mol. The summed E-state index contributed by atoms with van der Waals surface area (Å²) in [6.45, 7) is 4.15. The van der Waals surface area contributed by atoms with Crippen molar-refractivity contribution in [3.63, 3.8) is 0 Å². The molecule has 0 aliphatic rings. The van der Waals surface area contributed by atoms with Crippen molar-refractivity contribution >= 4 is 19.8 Å². The minimum Gasteiger partial charge on any atom is -0.756 e. The average Bonchev–Trinajstić information content (AvgIpc) is 3.33. The molecule has 0 heterocycles. The number of ether oxygens (including phenoxy) is 2. The van der Waals surface area contributed by atoms with Gasteiger partial charge in [0.25, 0.3) is 7.82 Å². The number of carbonyl (C=O) groups excluding carboxylic acids is 2. The second-order valence-corrected chi connectivity index (χ2v) is 22.4. The number of quaternary nitrogens is 1. The van der Waals surface area contributed by atoms with Crippen molar-refractivity contribution in [2.75, 3.05) is 47.5 Å². The van der Waals surface area contributed by atoms with Crippen LogP contribution in [0.5, 0.6) is 0 Å². The number of rotatable bonds is 54. The van der Waals surface area contributed by atoms with Gasteiger partial charge in [0.2, 0.25) is 0 Å². The van der Waals surface area contributed by atoms with Crippen molar-refractivity contribution in [1.82, 2.24) is 0 Å². The molecule has 0 saturated carbocycles. The lowest BCUT2D eigenvalue weighted by Crippen LogP contribution is -2.37. The van der Waals surface area contributed by atoms with Crippen LogP contribution in [0.4, 0.5) is 0 Å². The van der Waals surface area contributed by atoms with Crippen molar-refractivity contribution in [2.45, 2.75) is 270 Å². The van der Waals surface area contributed by atoms with Crippen LogP contribution in [0.1, 0.15) is 264 Å². The Morgan fingerprint density at radius 1 is 0.451 bits per heavy atom. The first-order valence-electron chi connectivity index (χ1n) is 29.5. The summed E-state index contributed by atoms with van der Waals surface area (Å²) in [7, 11) is 1.17. The molecule has 2 unspecified atom stereocenters. The van der Waals surface area contributed by atoms with Crippen molar-refractivity contribution in [3.05, 3.63) is 60.8 Å². The van der Waals surface area contributed by atoms with Crippen molar-refractivity contribution in [3.8, 4) is 0 Å². The van der Waals surface area contributed by atoms with Crippen LogP contribution in [0.3, 0.4) is 0 Å². The van der Waals surface area contributed by atoms with Crippen molar-refractivity contribution in [2.24, 2.45) is 0 Å². The van der Waals surface area contributed by atoms with Gasteiger partial charge in [-0.2, -0.15) is 0 Å². The van der Waals surface area contributed by atoms with Crippen LogP contribution in [-0.2, 0) is 32.7 Å². The molecule has 71 heavy (non-hydrogen) atoms. The number of phosphoric ester groups is 1. The lowest BCUT2D eigenvalue weighted by molar-refractivity contribution is -0.870. The van der Waals surface area contributed by atoms with Gasteiger partial charge in [-0.1, -0.05) is 254 Å². The molecule has 0 aromatic heterocycles. The van der Waals surface area contributed by atoms with Gasteiger partial charge < -0.3 is 27.9 Å². The smallest absolute Gasteiger partial charge is 0.306 e. The molecular formula is C61H112NO8P. The van der Waals surface area contributed by atoms with Gasteiger partial charge >= 0.3 is 11.9 Å². The summed E-state index contributed by atoms with van der Waals surface area (Å²) in [5, 5.41) is 0. The minimum atomic E-state index is -4.63. The second-order valence-electron chi connectivity index (χ2n) is 21.0. The fourth-order valence-electron chi connectivity index (χ4n) is 8.27. The van der Waals surface area contributed by atoms with Crippen LogP contribution in [0.25, 0.3) is 0 Å². The van der Waals surface area contributed by atoms with E-state index in [-0.39, 0.29) is 32.0 Å². The van der Waals surface area contributed by atoms with E-state index >= 15 is 0 Å². The summed E-state index contributed by atoms with van der Waals surface area (Å²) >= 11 is 0. The molecule has 9 nitrogen and oxygen atoms in total. The topological polar surface area (TPSA) is 111 Å². The molecule has 0 spiro atoms. The van der Waals surface area contributed by atoms with E-state index in [0.29, 0.717) is 17.4 Å². The van der Waals surface area contributed by atoms with Gasteiger partial charge in [-0.15, -0.1) is 0 Å². The van der Waals surface area contributed by atoms with E-state index in [1.807, 2.05) is 21.1 Å². The quantitative estimate of drug-likeness (QED) is 0.0195. The second kappa shape index (κ2) is 52.6. The minimum absolute atomic E-state index is 0.0296. The molecule has 2 atom stereocenters. The number of unbranched alkanes of at least 4 members (excludes halogenated alkanes) is 30. The summed E-state index contributed by atoms with van der Waals surface area (Å²) in [4.78, 5) is 37.8. The molecule has 0 N–H and O–H groups in total. The Morgan fingerprint density at radius 2 is 0.803 bits per heavy atom. The maximum Gasteiger partial charge on any atom is 0.306 e. The van der Waals surface area contributed by atoms with E-state index in [2.05, 4.69) is 74.6 Å². The van der Waals surface area contributed by atoms with Crippen LogP contribution < -0.4 is 4.89 Å². The molecule has 0 aliphatic carbocycles. The molecule has 0 saturated heterocycles. The summed E-state index contributed by atoms with van der Waals surface area (Å²) in [5.41, 5.74) is 0. The van der Waals surface area contributed by atoms with Gasteiger partial charge in [-0.3, -0.25) is 14.2 Å². The summed E-state index contributed by atoms with van der Waals surface area (Å²) in [5.74, 6) is -0.822. The Bertz CT molecular complexity index is 1380. The molecule has 0 amide bonds. The van der Waals surface area contributed by atoms with Crippen molar-refractivity contribution in [1.29, 1.82) is 0 Å². The summed E-state index contributed by atoms with van der Waals surface area (Å²) in [6.07, 6.45) is 67.0. The molecule has 10 heteroatoms. The summed E-state index contributed by atoms with van der Waals surface area (Å²) in [6, 6.07) is 0. The Balaban J connectivity index is 4.03. The van der Waals surface area contributed by atoms with Crippen molar-refractivity contribution < 1.29 is 42.1 Å². The number of nitrogens with zero attached hydrogens (tertiary/aromatic N) is 1. The SMILES string of the molecule is CC/C=C\C/C=C\C/C=C\C/C=C\C/C=C\CCCCCCCCCCCCCCCCCCCC(=O)OC(COC(=O)CCCCCCCCCCCCCCCC)COP(=O)([O-])OCC[N+](C)(C)C. The first-order chi connectivity index (χ1) is 34.5. The standard InChI is InChI=1S/C61H112NO8P/c1-6-8-10-12-14-16-18-20-22-23-24-25-26-27-28-29-30-31-32-33-34-35-36-37-38-39-40-42-44-46-48-50-52-54-61(64)70-59(58-69-71(65,66)68-56-55-62(3,4)5)57-67-60(63)53-51-49-47-45-43-41-21-19-17-15-13-11-9-7-2/h8,10,14,16,20,22,24-25,27-28,59H,6-7,9,11-13,15,17-19,21,23,26,29-58H2,1-5H3/b10-8-,16-14-,22-20-,25-24-,28-27-. The number of carbonyl (C=O) groups is 2. The van der Waals surface area contributed by atoms with E-state index in [9.17, 15) is 19.0 Å². The van der Waals surface area contributed by atoms with E-state index in [0.717, 1.165) is 70.6 Å². The zero-order valence-corrected chi connectivity index (χ0v) is 47.8. The third kappa shape index (κ3) is 56.9.